The molecule has 30 heavy (non-hydrogen) atoms. The summed E-state index contributed by atoms with van der Waals surface area (Å²) in [6.45, 7) is -0.465. The number of nitrogens with zero attached hydrogens (tertiary/aromatic N) is 1. The number of ether oxygens (including phenoxy) is 1. The molecular formula is C20H14ClF3N2O4. The fraction of sp³-hybridized carbons (Fsp3) is 0.100. The fourth-order valence-corrected chi connectivity index (χ4v) is 2.92. The van der Waals surface area contributed by atoms with Crippen LogP contribution in [0.15, 0.2) is 60.8 Å². The van der Waals surface area contributed by atoms with E-state index in [9.17, 15) is 27.9 Å². The van der Waals surface area contributed by atoms with Crippen molar-refractivity contribution >= 4 is 29.3 Å². The molecule has 0 aliphatic heterocycles. The van der Waals surface area contributed by atoms with Crippen LogP contribution in [0.1, 0.15) is 5.56 Å². The van der Waals surface area contributed by atoms with E-state index in [1.807, 2.05) is 0 Å². The van der Waals surface area contributed by atoms with Gasteiger partial charge in [-0.15, -0.1) is 0 Å². The Bertz CT molecular complexity index is 1100. The van der Waals surface area contributed by atoms with Crippen molar-refractivity contribution in [1.29, 1.82) is 0 Å². The first-order chi connectivity index (χ1) is 14.1. The lowest BCUT2D eigenvalue weighted by atomic mass is 10.1. The van der Waals surface area contributed by atoms with E-state index in [4.69, 9.17) is 16.3 Å². The fourth-order valence-electron chi connectivity index (χ4n) is 2.69. The molecule has 2 N–H and O–H groups in total. The summed E-state index contributed by atoms with van der Waals surface area (Å²) in [5.41, 5.74) is -0.170. The smallest absolute Gasteiger partial charge is 0.417 e. The zero-order valence-electron chi connectivity index (χ0n) is 15.1. The summed E-state index contributed by atoms with van der Waals surface area (Å²) in [5.74, 6) is -0.391. The number of amides is 1. The minimum Gasteiger partial charge on any atom is -0.484 e. The maximum atomic E-state index is 12.9. The van der Waals surface area contributed by atoms with Crippen molar-refractivity contribution in [1.82, 2.24) is 4.57 Å². The number of aromatic nitrogens is 1. The highest BCUT2D eigenvalue weighted by atomic mass is 35.5. The highest BCUT2D eigenvalue weighted by molar-refractivity contribution is 6.31. The van der Waals surface area contributed by atoms with Crippen molar-refractivity contribution in [3.8, 4) is 17.0 Å². The lowest BCUT2D eigenvalue weighted by molar-refractivity contribution is -0.137. The highest BCUT2D eigenvalue weighted by Gasteiger charge is 2.33. The Kier molecular flexibility index (Phi) is 6.02. The number of carboxylic acid groups (broad SMARTS) is 1. The van der Waals surface area contributed by atoms with E-state index in [1.165, 1.54) is 12.3 Å². The molecule has 0 unspecified atom stereocenters. The van der Waals surface area contributed by atoms with Gasteiger partial charge >= 0.3 is 12.3 Å². The molecule has 1 amide bonds. The van der Waals surface area contributed by atoms with Gasteiger partial charge in [-0.3, -0.25) is 9.36 Å². The van der Waals surface area contributed by atoms with Gasteiger partial charge in [-0.25, -0.2) is 4.79 Å². The van der Waals surface area contributed by atoms with Gasteiger partial charge in [-0.1, -0.05) is 23.7 Å². The van der Waals surface area contributed by atoms with Crippen molar-refractivity contribution in [2.75, 3.05) is 11.9 Å². The number of carbonyl (C=O) groups is 2. The zero-order chi connectivity index (χ0) is 21.9. The molecule has 3 rings (SSSR count). The van der Waals surface area contributed by atoms with Gasteiger partial charge in [0.05, 0.1) is 16.3 Å². The van der Waals surface area contributed by atoms with E-state index in [1.54, 1.807) is 36.4 Å². The van der Waals surface area contributed by atoms with Crippen LogP contribution in [0.25, 0.3) is 11.3 Å². The largest absolute Gasteiger partial charge is 0.484 e. The number of hydrogen-bond donors (Lipinski definition) is 2. The van der Waals surface area contributed by atoms with Crippen molar-refractivity contribution < 1.29 is 32.6 Å². The highest BCUT2D eigenvalue weighted by Crippen LogP contribution is 2.36. The average molecular weight is 439 g/mol. The minimum atomic E-state index is -4.65. The van der Waals surface area contributed by atoms with Crippen LogP contribution in [-0.4, -0.2) is 28.3 Å². The molecule has 3 aromatic rings. The Morgan fingerprint density at radius 1 is 1.10 bits per heavy atom. The summed E-state index contributed by atoms with van der Waals surface area (Å²) in [7, 11) is 0. The van der Waals surface area contributed by atoms with Crippen LogP contribution < -0.4 is 10.1 Å². The van der Waals surface area contributed by atoms with Crippen LogP contribution in [0.4, 0.5) is 23.7 Å². The van der Waals surface area contributed by atoms with E-state index in [-0.39, 0.29) is 11.4 Å². The van der Waals surface area contributed by atoms with Crippen molar-refractivity contribution in [2.45, 2.75) is 6.18 Å². The molecule has 10 heteroatoms. The topological polar surface area (TPSA) is 80.6 Å². The molecule has 0 fully saturated rings. The van der Waals surface area contributed by atoms with Gasteiger partial charge in [-0.2, -0.15) is 13.2 Å². The summed E-state index contributed by atoms with van der Waals surface area (Å²) in [6, 6.07) is 12.6. The Hall–Kier alpha value is -3.46. The molecule has 2 aromatic carbocycles. The normalized spacial score (nSPS) is 11.2. The average Bonchev–Trinajstić information content (AvgIpc) is 3.17. The van der Waals surface area contributed by atoms with E-state index in [0.29, 0.717) is 11.3 Å². The number of carbonyl (C=O) groups excluding carboxylic acids is 1. The molecule has 6 nitrogen and oxygen atoms in total. The predicted octanol–water partition coefficient (Wildman–Crippen LogP) is 5.37. The summed E-state index contributed by atoms with van der Waals surface area (Å²) in [4.78, 5) is 23.3. The first kappa shape index (κ1) is 21.3. The Morgan fingerprint density at radius 2 is 1.87 bits per heavy atom. The third-order valence-electron chi connectivity index (χ3n) is 4.01. The molecule has 0 radical (unpaired) electrons. The van der Waals surface area contributed by atoms with Crippen LogP contribution >= 0.6 is 11.6 Å². The number of anilines is 1. The first-order valence-corrected chi connectivity index (χ1v) is 8.83. The molecule has 0 saturated carbocycles. The van der Waals surface area contributed by atoms with E-state index < -0.39 is 35.4 Å². The molecule has 0 aliphatic rings. The summed E-state index contributed by atoms with van der Waals surface area (Å²) >= 11 is 5.55. The molecular weight excluding hydrogens is 425 g/mol. The maximum absolute atomic E-state index is 12.9. The Balaban J connectivity index is 1.67. The predicted molar refractivity (Wildman–Crippen MR) is 104 cm³/mol. The third kappa shape index (κ3) is 4.93. The van der Waals surface area contributed by atoms with Crippen LogP contribution in [0.5, 0.6) is 5.75 Å². The van der Waals surface area contributed by atoms with Gasteiger partial charge in [0, 0.05) is 17.4 Å². The molecule has 156 valence electrons. The maximum Gasteiger partial charge on any atom is 0.417 e. The van der Waals surface area contributed by atoms with E-state index in [2.05, 4.69) is 5.32 Å². The number of hydrogen-bond acceptors (Lipinski definition) is 3. The standard InChI is InChI=1S/C20H14ClF3N2O4/c21-16-7-6-13(10-15(16)20(22,23)24)25-18(27)11-30-14-4-1-3-12(9-14)17-5-2-8-26(17)19(28)29/h1-10H,11H2,(H,25,27)(H,28,29). The van der Waals surface area contributed by atoms with Crippen molar-refractivity contribution in [2.24, 2.45) is 0 Å². The van der Waals surface area contributed by atoms with Gasteiger partial charge in [-0.05, 0) is 42.5 Å². The second-order valence-corrected chi connectivity index (χ2v) is 6.51. The van der Waals surface area contributed by atoms with Gasteiger partial charge < -0.3 is 15.2 Å². The zero-order valence-corrected chi connectivity index (χ0v) is 15.9. The molecule has 0 saturated heterocycles. The second kappa shape index (κ2) is 8.50. The van der Waals surface area contributed by atoms with E-state index >= 15 is 0 Å². The van der Waals surface area contributed by atoms with E-state index in [0.717, 1.165) is 16.7 Å². The van der Waals surface area contributed by atoms with Crippen molar-refractivity contribution in [3.05, 3.63) is 71.4 Å². The Morgan fingerprint density at radius 3 is 2.57 bits per heavy atom. The molecule has 0 spiro atoms. The second-order valence-electron chi connectivity index (χ2n) is 6.10. The van der Waals surface area contributed by atoms with Gasteiger partial charge in [0.15, 0.2) is 6.61 Å². The summed E-state index contributed by atoms with van der Waals surface area (Å²) < 4.78 is 45.1. The molecule has 0 aliphatic carbocycles. The quantitative estimate of drug-likeness (QED) is 0.561. The SMILES string of the molecule is O=C(COc1cccc(-c2cccn2C(=O)O)c1)Nc1ccc(Cl)c(C(F)(F)F)c1. The number of nitrogens with one attached hydrogen (secondary N) is 1. The van der Waals surface area contributed by atoms with Gasteiger partial charge in [0.2, 0.25) is 0 Å². The molecule has 1 heterocycles. The third-order valence-corrected chi connectivity index (χ3v) is 4.34. The molecule has 0 atom stereocenters. The van der Waals surface area contributed by atoms with Crippen LogP contribution in [0.2, 0.25) is 5.02 Å². The lowest BCUT2D eigenvalue weighted by Gasteiger charge is -2.12. The van der Waals surface area contributed by atoms with Gasteiger partial charge in [0.25, 0.3) is 5.91 Å². The summed E-state index contributed by atoms with van der Waals surface area (Å²) in [5, 5.41) is 11.0. The first-order valence-electron chi connectivity index (χ1n) is 8.45. The van der Waals surface area contributed by atoms with Gasteiger partial charge in [0.1, 0.15) is 5.75 Å². The molecule has 1 aromatic heterocycles. The minimum absolute atomic E-state index is 0.0756. The number of rotatable bonds is 5. The van der Waals surface area contributed by atoms with Crippen LogP contribution in [-0.2, 0) is 11.0 Å². The van der Waals surface area contributed by atoms with Crippen LogP contribution in [0, 0.1) is 0 Å². The van der Waals surface area contributed by atoms with Crippen molar-refractivity contribution in [3.63, 3.8) is 0 Å². The summed E-state index contributed by atoms with van der Waals surface area (Å²) in [6.07, 6.45) is -4.41. The number of halogens is 4. The Labute approximate surface area is 173 Å². The molecule has 0 bridgehead atoms. The lowest BCUT2D eigenvalue weighted by Crippen LogP contribution is -2.20. The number of alkyl halides is 3. The monoisotopic (exact) mass is 438 g/mol. The number of benzene rings is 2. The van der Waals surface area contributed by atoms with Crippen LogP contribution in [0.3, 0.4) is 0 Å².